The number of nitrogen functional groups attached to an aromatic ring is 1. The molecule has 0 unspecified atom stereocenters. The standard InChI is InChI=1S/C9H16N8/c1-16(2)8-12-7(15-11)13-9(14-8)17(3)6-4-5-10/h4,6,11H2,1-3H3,(H,12,13,14,15). The predicted octanol–water partition coefficient (Wildman–Crippen LogP) is -0.427. The average molecular weight is 236 g/mol. The molecule has 0 fully saturated rings. The summed E-state index contributed by atoms with van der Waals surface area (Å²) >= 11 is 0. The van der Waals surface area contributed by atoms with Gasteiger partial charge < -0.3 is 9.80 Å². The van der Waals surface area contributed by atoms with E-state index in [2.05, 4.69) is 26.4 Å². The predicted molar refractivity (Wildman–Crippen MR) is 65.5 cm³/mol. The molecule has 8 nitrogen and oxygen atoms in total. The summed E-state index contributed by atoms with van der Waals surface area (Å²) in [5, 5.41) is 8.54. The van der Waals surface area contributed by atoms with Crippen molar-refractivity contribution in [1.82, 2.24) is 15.0 Å². The molecule has 0 bridgehead atoms. The van der Waals surface area contributed by atoms with Crippen LogP contribution in [0.3, 0.4) is 0 Å². The van der Waals surface area contributed by atoms with Crippen molar-refractivity contribution < 1.29 is 0 Å². The molecule has 1 aromatic heterocycles. The highest BCUT2D eigenvalue weighted by Gasteiger charge is 2.10. The van der Waals surface area contributed by atoms with Gasteiger partial charge in [0.25, 0.3) is 0 Å². The minimum absolute atomic E-state index is 0.294. The van der Waals surface area contributed by atoms with E-state index in [1.807, 2.05) is 21.1 Å². The SMILES string of the molecule is CN(C)c1nc(NN)nc(N(C)CCC#N)n1. The molecule has 1 heterocycles. The van der Waals surface area contributed by atoms with Crippen LogP contribution in [0.2, 0.25) is 0 Å². The number of aromatic nitrogens is 3. The van der Waals surface area contributed by atoms with Gasteiger partial charge in [-0.05, 0) is 0 Å². The number of anilines is 3. The number of nitrogens with two attached hydrogens (primary N) is 1. The van der Waals surface area contributed by atoms with E-state index in [0.29, 0.717) is 30.8 Å². The maximum absolute atomic E-state index is 8.54. The second-order valence-electron chi connectivity index (χ2n) is 3.63. The van der Waals surface area contributed by atoms with Crippen LogP contribution in [-0.2, 0) is 0 Å². The lowest BCUT2D eigenvalue weighted by molar-refractivity contribution is 0.838. The van der Waals surface area contributed by atoms with E-state index >= 15 is 0 Å². The van der Waals surface area contributed by atoms with E-state index in [4.69, 9.17) is 11.1 Å². The first-order valence-electron chi connectivity index (χ1n) is 5.06. The molecule has 0 atom stereocenters. The Hall–Kier alpha value is -2.14. The molecule has 0 aliphatic heterocycles. The third-order valence-electron chi connectivity index (χ3n) is 2.04. The maximum atomic E-state index is 8.54. The third-order valence-corrected chi connectivity index (χ3v) is 2.04. The molecule has 0 aliphatic carbocycles. The monoisotopic (exact) mass is 236 g/mol. The first kappa shape index (κ1) is 12.9. The second kappa shape index (κ2) is 5.81. The van der Waals surface area contributed by atoms with Gasteiger partial charge in [0, 0.05) is 27.7 Å². The van der Waals surface area contributed by atoms with Crippen LogP contribution in [0.15, 0.2) is 0 Å². The fourth-order valence-electron chi connectivity index (χ4n) is 1.11. The van der Waals surface area contributed by atoms with Gasteiger partial charge in [0.05, 0.1) is 12.5 Å². The van der Waals surface area contributed by atoms with Gasteiger partial charge in [0.1, 0.15) is 0 Å². The van der Waals surface area contributed by atoms with Crippen LogP contribution in [-0.4, -0.2) is 42.6 Å². The van der Waals surface area contributed by atoms with Crippen molar-refractivity contribution in [2.45, 2.75) is 6.42 Å². The van der Waals surface area contributed by atoms with E-state index in [1.54, 1.807) is 9.80 Å². The zero-order valence-corrected chi connectivity index (χ0v) is 10.2. The molecular weight excluding hydrogens is 220 g/mol. The molecule has 92 valence electrons. The first-order chi connectivity index (χ1) is 8.08. The Morgan fingerprint density at radius 2 is 1.88 bits per heavy atom. The van der Waals surface area contributed by atoms with Crippen molar-refractivity contribution in [2.75, 3.05) is 42.9 Å². The minimum Gasteiger partial charge on any atom is -0.347 e. The lowest BCUT2D eigenvalue weighted by Crippen LogP contribution is -2.24. The van der Waals surface area contributed by atoms with E-state index in [0.717, 1.165) is 0 Å². The summed E-state index contributed by atoms with van der Waals surface area (Å²) in [6.07, 6.45) is 0.408. The van der Waals surface area contributed by atoms with Crippen LogP contribution >= 0.6 is 0 Å². The van der Waals surface area contributed by atoms with Crippen molar-refractivity contribution in [3.8, 4) is 6.07 Å². The van der Waals surface area contributed by atoms with Gasteiger partial charge in [0.15, 0.2) is 0 Å². The topological polar surface area (TPSA) is 107 Å². The van der Waals surface area contributed by atoms with Crippen LogP contribution < -0.4 is 21.1 Å². The number of hydrazine groups is 1. The molecule has 0 spiro atoms. The largest absolute Gasteiger partial charge is 0.347 e. The third kappa shape index (κ3) is 3.42. The Morgan fingerprint density at radius 3 is 2.41 bits per heavy atom. The Labute approximate surface area is 100 Å². The number of nitrogens with zero attached hydrogens (tertiary/aromatic N) is 6. The van der Waals surface area contributed by atoms with Gasteiger partial charge in [-0.1, -0.05) is 0 Å². The fourth-order valence-corrected chi connectivity index (χ4v) is 1.11. The van der Waals surface area contributed by atoms with Crippen molar-refractivity contribution in [1.29, 1.82) is 5.26 Å². The molecule has 0 amide bonds. The molecule has 0 aliphatic rings. The van der Waals surface area contributed by atoms with Crippen molar-refractivity contribution in [3.63, 3.8) is 0 Å². The van der Waals surface area contributed by atoms with E-state index in [9.17, 15) is 0 Å². The molecule has 3 N–H and O–H groups in total. The summed E-state index contributed by atoms with van der Waals surface area (Å²) in [6.45, 7) is 0.553. The average Bonchev–Trinajstić information content (AvgIpc) is 2.35. The first-order valence-corrected chi connectivity index (χ1v) is 5.06. The normalized spacial score (nSPS) is 9.59. The van der Waals surface area contributed by atoms with Gasteiger partial charge in [0.2, 0.25) is 17.8 Å². The van der Waals surface area contributed by atoms with Gasteiger partial charge in [-0.3, -0.25) is 5.43 Å². The summed E-state index contributed by atoms with van der Waals surface area (Å²) in [4.78, 5) is 16.0. The highest BCUT2D eigenvalue weighted by molar-refractivity contribution is 5.43. The maximum Gasteiger partial charge on any atom is 0.243 e. The van der Waals surface area contributed by atoms with Crippen LogP contribution in [0, 0.1) is 11.3 Å². The zero-order valence-electron chi connectivity index (χ0n) is 10.2. The van der Waals surface area contributed by atoms with Gasteiger partial charge in [-0.15, -0.1) is 0 Å². The summed E-state index contributed by atoms with van der Waals surface area (Å²) < 4.78 is 0. The van der Waals surface area contributed by atoms with Crippen molar-refractivity contribution in [3.05, 3.63) is 0 Å². The molecule has 0 saturated heterocycles. The molecule has 1 aromatic rings. The summed E-state index contributed by atoms with van der Waals surface area (Å²) in [7, 11) is 5.47. The second-order valence-corrected chi connectivity index (χ2v) is 3.63. The Kier molecular flexibility index (Phi) is 4.42. The van der Waals surface area contributed by atoms with Crippen LogP contribution in [0.5, 0.6) is 0 Å². The number of nitrogens with one attached hydrogen (secondary N) is 1. The molecule has 0 aromatic carbocycles. The number of hydrogen-bond acceptors (Lipinski definition) is 8. The Balaban J connectivity index is 2.98. The van der Waals surface area contributed by atoms with E-state index in [1.165, 1.54) is 0 Å². The number of hydrogen-bond donors (Lipinski definition) is 2. The van der Waals surface area contributed by atoms with E-state index in [-0.39, 0.29) is 0 Å². The van der Waals surface area contributed by atoms with Gasteiger partial charge in [-0.2, -0.15) is 20.2 Å². The van der Waals surface area contributed by atoms with Gasteiger partial charge in [-0.25, -0.2) is 5.84 Å². The van der Waals surface area contributed by atoms with Crippen LogP contribution in [0.25, 0.3) is 0 Å². The Morgan fingerprint density at radius 1 is 1.24 bits per heavy atom. The Bertz CT molecular complexity index is 410. The van der Waals surface area contributed by atoms with Crippen LogP contribution in [0.4, 0.5) is 17.8 Å². The smallest absolute Gasteiger partial charge is 0.243 e. The van der Waals surface area contributed by atoms with Gasteiger partial charge >= 0.3 is 0 Å². The molecule has 0 saturated carbocycles. The highest BCUT2D eigenvalue weighted by Crippen LogP contribution is 2.13. The number of rotatable bonds is 5. The fraction of sp³-hybridized carbons (Fsp3) is 0.556. The summed E-state index contributed by atoms with van der Waals surface area (Å²) in [5.74, 6) is 6.57. The number of nitriles is 1. The van der Waals surface area contributed by atoms with Crippen molar-refractivity contribution in [2.24, 2.45) is 5.84 Å². The lowest BCUT2D eigenvalue weighted by Gasteiger charge is -2.18. The zero-order chi connectivity index (χ0) is 12.8. The van der Waals surface area contributed by atoms with Crippen molar-refractivity contribution >= 4 is 17.8 Å². The summed E-state index contributed by atoms with van der Waals surface area (Å²) in [6, 6.07) is 2.07. The lowest BCUT2D eigenvalue weighted by atomic mass is 10.4. The minimum atomic E-state index is 0.294. The van der Waals surface area contributed by atoms with Crippen LogP contribution in [0.1, 0.15) is 6.42 Å². The quantitative estimate of drug-likeness (QED) is 0.524. The molecule has 8 heteroatoms. The van der Waals surface area contributed by atoms with E-state index < -0.39 is 0 Å². The molecular formula is C9H16N8. The molecule has 1 rings (SSSR count). The molecule has 0 radical (unpaired) electrons. The summed E-state index contributed by atoms with van der Waals surface area (Å²) in [5.41, 5.74) is 2.39. The highest BCUT2D eigenvalue weighted by atomic mass is 15.4. The molecule has 17 heavy (non-hydrogen) atoms.